The third-order valence-electron chi connectivity index (χ3n) is 4.69. The minimum Gasteiger partial charge on any atom is -0.441 e. The summed E-state index contributed by atoms with van der Waals surface area (Å²) in [6, 6.07) is 14.6. The Bertz CT molecular complexity index is 840. The van der Waals surface area contributed by atoms with E-state index < -0.39 is 12.2 Å². The fraction of sp³-hybridized carbons (Fsp3) is 0.300. The van der Waals surface area contributed by atoms with Gasteiger partial charge >= 0.3 is 6.09 Å². The Balaban J connectivity index is 1.62. The molecule has 0 aromatic heterocycles. The smallest absolute Gasteiger partial charge is 0.405 e. The van der Waals surface area contributed by atoms with Gasteiger partial charge < -0.3 is 20.3 Å². The molecule has 2 aromatic rings. The molecule has 0 radical (unpaired) electrons. The molecule has 0 spiro atoms. The molecule has 2 aromatic carbocycles. The normalized spacial score (nSPS) is 15.2. The van der Waals surface area contributed by atoms with Crippen LogP contribution in [0.3, 0.4) is 0 Å². The molecule has 0 saturated carbocycles. The van der Waals surface area contributed by atoms with E-state index in [2.05, 4.69) is 4.90 Å². The first-order valence-corrected chi connectivity index (χ1v) is 9.69. The summed E-state index contributed by atoms with van der Waals surface area (Å²) in [6.07, 6.45) is -1.56. The van der Waals surface area contributed by atoms with Crippen LogP contribution in [0.25, 0.3) is 0 Å². The Morgan fingerprint density at radius 1 is 1.00 bits per heavy atom. The number of rotatable bonds is 5. The van der Waals surface area contributed by atoms with Crippen LogP contribution in [0.4, 0.5) is 10.5 Å². The molecule has 148 valence electrons. The quantitative estimate of drug-likeness (QED) is 0.794. The summed E-state index contributed by atoms with van der Waals surface area (Å²) in [7, 11) is 0. The summed E-state index contributed by atoms with van der Waals surface area (Å²) in [5.74, 6) is -0.0908. The number of hydrogen-bond acceptors (Lipinski definition) is 4. The number of nitrogens with zero attached hydrogens (tertiary/aromatic N) is 2. The van der Waals surface area contributed by atoms with Crippen LogP contribution >= 0.6 is 23.2 Å². The van der Waals surface area contributed by atoms with Crippen molar-refractivity contribution in [1.29, 1.82) is 0 Å². The Labute approximate surface area is 173 Å². The Hall–Kier alpha value is -2.44. The predicted octanol–water partition coefficient (Wildman–Crippen LogP) is 3.87. The maximum atomic E-state index is 12.8. The molecule has 2 amide bonds. The van der Waals surface area contributed by atoms with Gasteiger partial charge in [0, 0.05) is 26.2 Å². The average molecular weight is 422 g/mol. The van der Waals surface area contributed by atoms with E-state index in [1.807, 2.05) is 30.3 Å². The van der Waals surface area contributed by atoms with Gasteiger partial charge in [0.2, 0.25) is 5.91 Å². The zero-order valence-electron chi connectivity index (χ0n) is 15.2. The van der Waals surface area contributed by atoms with E-state index in [4.69, 9.17) is 33.7 Å². The standard InChI is InChI=1S/C20H21Cl2N3O3/c21-15-7-4-8-16(19(15)22)24-9-11-25(12-10-24)18(26)13-17(28-20(23)27)14-5-2-1-3-6-14/h1-8,17H,9-13H2,(H2,23,27). The van der Waals surface area contributed by atoms with Gasteiger partial charge in [0.1, 0.15) is 6.10 Å². The molecule has 6 nitrogen and oxygen atoms in total. The lowest BCUT2D eigenvalue weighted by atomic mass is 10.1. The van der Waals surface area contributed by atoms with Crippen molar-refractivity contribution in [2.75, 3.05) is 31.1 Å². The molecule has 2 N–H and O–H groups in total. The van der Waals surface area contributed by atoms with Crippen LogP contribution in [0.5, 0.6) is 0 Å². The van der Waals surface area contributed by atoms with Crippen LogP contribution < -0.4 is 10.6 Å². The summed E-state index contributed by atoms with van der Waals surface area (Å²) in [6.45, 7) is 2.36. The minimum absolute atomic E-state index is 0.0465. The monoisotopic (exact) mass is 421 g/mol. The maximum absolute atomic E-state index is 12.8. The molecule has 1 fully saturated rings. The summed E-state index contributed by atoms with van der Waals surface area (Å²) in [5, 5.41) is 1.02. The lowest BCUT2D eigenvalue weighted by molar-refractivity contribution is -0.133. The first-order valence-electron chi connectivity index (χ1n) is 8.93. The molecule has 1 heterocycles. The lowest BCUT2D eigenvalue weighted by Crippen LogP contribution is -2.49. The van der Waals surface area contributed by atoms with Gasteiger partial charge in [-0.05, 0) is 17.7 Å². The third kappa shape index (κ3) is 4.88. The molecule has 1 saturated heterocycles. The van der Waals surface area contributed by atoms with Crippen molar-refractivity contribution in [2.45, 2.75) is 12.5 Å². The number of benzene rings is 2. The van der Waals surface area contributed by atoms with Crippen LogP contribution in [0.2, 0.25) is 10.0 Å². The van der Waals surface area contributed by atoms with Crippen LogP contribution in [-0.2, 0) is 9.53 Å². The van der Waals surface area contributed by atoms with Crippen molar-refractivity contribution in [3.63, 3.8) is 0 Å². The molecule has 1 aliphatic rings. The molecule has 8 heteroatoms. The van der Waals surface area contributed by atoms with Gasteiger partial charge in [-0.2, -0.15) is 0 Å². The molecule has 28 heavy (non-hydrogen) atoms. The molecule has 1 unspecified atom stereocenters. The fourth-order valence-electron chi connectivity index (χ4n) is 3.26. The highest BCUT2D eigenvalue weighted by molar-refractivity contribution is 6.43. The summed E-state index contributed by atoms with van der Waals surface area (Å²) >= 11 is 12.4. The maximum Gasteiger partial charge on any atom is 0.405 e. The zero-order chi connectivity index (χ0) is 20.1. The molecular formula is C20H21Cl2N3O3. The van der Waals surface area contributed by atoms with Crippen LogP contribution in [-0.4, -0.2) is 43.1 Å². The van der Waals surface area contributed by atoms with Gasteiger partial charge in [-0.1, -0.05) is 59.6 Å². The number of carbonyl (C=O) groups is 2. The lowest BCUT2D eigenvalue weighted by Gasteiger charge is -2.37. The van der Waals surface area contributed by atoms with Gasteiger partial charge in [0.15, 0.2) is 0 Å². The first kappa shape index (κ1) is 20.3. The Morgan fingerprint density at radius 2 is 1.68 bits per heavy atom. The number of primary amides is 1. The number of hydrogen-bond donors (Lipinski definition) is 1. The van der Waals surface area contributed by atoms with E-state index in [-0.39, 0.29) is 12.3 Å². The first-order chi connectivity index (χ1) is 13.5. The van der Waals surface area contributed by atoms with Crippen molar-refractivity contribution in [2.24, 2.45) is 5.73 Å². The SMILES string of the molecule is NC(=O)OC(CC(=O)N1CCN(c2cccc(Cl)c2Cl)CC1)c1ccccc1. The fourth-order valence-corrected chi connectivity index (χ4v) is 3.67. The van der Waals surface area contributed by atoms with E-state index in [9.17, 15) is 9.59 Å². The molecule has 0 aliphatic carbocycles. The number of nitrogens with two attached hydrogens (primary N) is 1. The molecular weight excluding hydrogens is 401 g/mol. The van der Waals surface area contributed by atoms with E-state index in [1.54, 1.807) is 23.1 Å². The van der Waals surface area contributed by atoms with E-state index in [0.717, 1.165) is 11.3 Å². The van der Waals surface area contributed by atoms with Crippen molar-refractivity contribution < 1.29 is 14.3 Å². The van der Waals surface area contributed by atoms with E-state index in [0.29, 0.717) is 36.2 Å². The highest BCUT2D eigenvalue weighted by Gasteiger charge is 2.26. The number of piperazine rings is 1. The molecule has 1 atom stereocenters. The third-order valence-corrected chi connectivity index (χ3v) is 5.50. The zero-order valence-corrected chi connectivity index (χ0v) is 16.7. The minimum atomic E-state index is -0.901. The van der Waals surface area contributed by atoms with Crippen LogP contribution in [0.1, 0.15) is 18.1 Å². The highest BCUT2D eigenvalue weighted by Crippen LogP contribution is 2.33. The number of amides is 2. The van der Waals surface area contributed by atoms with Crippen LogP contribution in [0, 0.1) is 0 Å². The number of anilines is 1. The van der Waals surface area contributed by atoms with Crippen molar-refractivity contribution in [3.05, 3.63) is 64.1 Å². The second-order valence-electron chi connectivity index (χ2n) is 6.48. The van der Waals surface area contributed by atoms with Crippen molar-refractivity contribution in [1.82, 2.24) is 4.90 Å². The second-order valence-corrected chi connectivity index (χ2v) is 7.27. The molecule has 1 aliphatic heterocycles. The Morgan fingerprint density at radius 3 is 2.32 bits per heavy atom. The highest BCUT2D eigenvalue weighted by atomic mass is 35.5. The topological polar surface area (TPSA) is 75.9 Å². The van der Waals surface area contributed by atoms with E-state index in [1.165, 1.54) is 0 Å². The number of carbonyl (C=O) groups excluding carboxylic acids is 2. The van der Waals surface area contributed by atoms with Gasteiger partial charge in [0.05, 0.1) is 22.2 Å². The average Bonchev–Trinajstić information content (AvgIpc) is 2.70. The summed E-state index contributed by atoms with van der Waals surface area (Å²) in [5.41, 5.74) is 6.77. The second kappa shape index (κ2) is 9.17. The number of ether oxygens (including phenoxy) is 1. The molecule has 3 rings (SSSR count). The van der Waals surface area contributed by atoms with Crippen molar-refractivity contribution in [3.8, 4) is 0 Å². The van der Waals surface area contributed by atoms with Crippen LogP contribution in [0.15, 0.2) is 48.5 Å². The van der Waals surface area contributed by atoms with Gasteiger partial charge in [-0.3, -0.25) is 4.79 Å². The number of halogens is 2. The molecule has 0 bridgehead atoms. The Kier molecular flexibility index (Phi) is 6.65. The summed E-state index contributed by atoms with van der Waals surface area (Å²) in [4.78, 5) is 27.9. The van der Waals surface area contributed by atoms with Gasteiger partial charge in [-0.15, -0.1) is 0 Å². The van der Waals surface area contributed by atoms with Gasteiger partial charge in [-0.25, -0.2) is 4.79 Å². The van der Waals surface area contributed by atoms with Crippen molar-refractivity contribution >= 4 is 40.9 Å². The summed E-state index contributed by atoms with van der Waals surface area (Å²) < 4.78 is 5.17. The van der Waals surface area contributed by atoms with Gasteiger partial charge in [0.25, 0.3) is 0 Å². The largest absolute Gasteiger partial charge is 0.441 e. The van der Waals surface area contributed by atoms with E-state index >= 15 is 0 Å². The predicted molar refractivity (Wildman–Crippen MR) is 110 cm³/mol.